The molecule has 1 N–H and O–H groups in total. The lowest BCUT2D eigenvalue weighted by molar-refractivity contribution is -0.117. The molecule has 2 aromatic rings. The molecule has 1 aromatic carbocycles. The van der Waals surface area contributed by atoms with Gasteiger partial charge in [0.15, 0.2) is 5.82 Å². The Morgan fingerprint density at radius 3 is 2.62 bits per heavy atom. The van der Waals surface area contributed by atoms with Crippen molar-refractivity contribution in [1.29, 1.82) is 0 Å². The summed E-state index contributed by atoms with van der Waals surface area (Å²) in [4.78, 5) is 27.4. The maximum Gasteiger partial charge on any atom is 0.258 e. The van der Waals surface area contributed by atoms with Crippen LogP contribution in [-0.4, -0.2) is 49.2 Å². The largest absolute Gasteiger partial charge is 0.497 e. The normalized spacial score (nSPS) is 14.3. The van der Waals surface area contributed by atoms with Crippen LogP contribution in [0, 0.1) is 5.92 Å². The average molecular weight is 401 g/mol. The van der Waals surface area contributed by atoms with Gasteiger partial charge in [0, 0.05) is 18.7 Å². The van der Waals surface area contributed by atoms with Gasteiger partial charge in [-0.3, -0.25) is 9.59 Å². The molecule has 0 spiro atoms. The summed E-state index contributed by atoms with van der Waals surface area (Å²) in [7, 11) is 3.06. The molecule has 1 heterocycles. The van der Waals surface area contributed by atoms with Crippen LogP contribution < -0.4 is 14.8 Å². The highest BCUT2D eigenvalue weighted by Gasteiger charge is 2.26. The number of nitrogens with zero attached hydrogens (tertiary/aromatic N) is 2. The Kier molecular flexibility index (Phi) is 7.10. The van der Waals surface area contributed by atoms with Gasteiger partial charge in [0.05, 0.1) is 19.8 Å². The van der Waals surface area contributed by atoms with E-state index in [4.69, 9.17) is 14.0 Å². The zero-order valence-electron chi connectivity index (χ0n) is 16.8. The Morgan fingerprint density at radius 2 is 1.97 bits per heavy atom. The van der Waals surface area contributed by atoms with Crippen LogP contribution in [0.25, 0.3) is 0 Å². The zero-order chi connectivity index (χ0) is 20.6. The van der Waals surface area contributed by atoms with E-state index in [1.54, 1.807) is 36.3 Å². The third-order valence-electron chi connectivity index (χ3n) is 5.17. The van der Waals surface area contributed by atoms with Gasteiger partial charge in [-0.15, -0.1) is 0 Å². The molecule has 1 fully saturated rings. The van der Waals surface area contributed by atoms with Crippen molar-refractivity contribution < 1.29 is 23.6 Å². The number of anilines is 1. The van der Waals surface area contributed by atoms with E-state index in [0.717, 1.165) is 25.7 Å². The van der Waals surface area contributed by atoms with Crippen molar-refractivity contribution >= 4 is 17.6 Å². The fourth-order valence-corrected chi connectivity index (χ4v) is 3.68. The van der Waals surface area contributed by atoms with Crippen molar-refractivity contribution in [1.82, 2.24) is 10.1 Å². The predicted octanol–water partition coefficient (Wildman–Crippen LogP) is 3.35. The quantitative estimate of drug-likeness (QED) is 0.729. The van der Waals surface area contributed by atoms with Crippen LogP contribution in [0.2, 0.25) is 0 Å². The van der Waals surface area contributed by atoms with Crippen molar-refractivity contribution in [3.8, 4) is 11.5 Å². The van der Waals surface area contributed by atoms with Crippen molar-refractivity contribution in [3.63, 3.8) is 0 Å². The van der Waals surface area contributed by atoms with Gasteiger partial charge in [-0.1, -0.05) is 24.4 Å². The lowest BCUT2D eigenvalue weighted by Gasteiger charge is -2.30. The van der Waals surface area contributed by atoms with Gasteiger partial charge in [-0.05, 0) is 30.9 Å². The van der Waals surface area contributed by atoms with Crippen molar-refractivity contribution in [3.05, 3.63) is 36.1 Å². The van der Waals surface area contributed by atoms with Gasteiger partial charge >= 0.3 is 0 Å². The molecule has 2 amide bonds. The van der Waals surface area contributed by atoms with Crippen LogP contribution in [0.15, 0.2) is 35.1 Å². The maximum absolute atomic E-state index is 13.3. The molecule has 1 saturated carbocycles. The van der Waals surface area contributed by atoms with Gasteiger partial charge in [0.1, 0.15) is 24.3 Å². The number of hydrogen-bond acceptors (Lipinski definition) is 6. The first kappa shape index (κ1) is 20.7. The molecule has 0 radical (unpaired) electrons. The Balaban J connectivity index is 1.79. The molecule has 0 unspecified atom stereocenters. The van der Waals surface area contributed by atoms with Gasteiger partial charge < -0.3 is 24.2 Å². The number of benzene rings is 1. The number of ether oxygens (including phenoxy) is 2. The number of nitrogens with one attached hydrogen (secondary N) is 1. The summed E-state index contributed by atoms with van der Waals surface area (Å²) in [6.07, 6.45) is 7.04. The third-order valence-corrected chi connectivity index (χ3v) is 5.17. The summed E-state index contributed by atoms with van der Waals surface area (Å²) < 4.78 is 15.3. The molecule has 0 bridgehead atoms. The predicted molar refractivity (Wildman–Crippen MR) is 107 cm³/mol. The maximum atomic E-state index is 13.3. The van der Waals surface area contributed by atoms with Gasteiger partial charge in [-0.2, -0.15) is 0 Å². The molecule has 0 aliphatic heterocycles. The molecule has 29 heavy (non-hydrogen) atoms. The topological polar surface area (TPSA) is 93.9 Å². The second-order valence-electron chi connectivity index (χ2n) is 7.19. The summed E-state index contributed by atoms with van der Waals surface area (Å²) in [5, 5.41) is 6.34. The van der Waals surface area contributed by atoms with Crippen LogP contribution in [-0.2, 0) is 4.79 Å². The molecule has 8 nitrogen and oxygen atoms in total. The van der Waals surface area contributed by atoms with E-state index in [2.05, 4.69) is 10.5 Å². The first-order chi connectivity index (χ1) is 14.1. The monoisotopic (exact) mass is 401 g/mol. The summed E-state index contributed by atoms with van der Waals surface area (Å²) in [5.41, 5.74) is 0.401. The molecule has 8 heteroatoms. The third kappa shape index (κ3) is 5.49. The van der Waals surface area contributed by atoms with E-state index in [9.17, 15) is 9.59 Å². The summed E-state index contributed by atoms with van der Waals surface area (Å²) >= 11 is 0. The Labute approximate surface area is 170 Å². The van der Waals surface area contributed by atoms with Crippen LogP contribution in [0.3, 0.4) is 0 Å². The Morgan fingerprint density at radius 1 is 1.17 bits per heavy atom. The highest BCUT2D eigenvalue weighted by atomic mass is 16.5. The van der Waals surface area contributed by atoms with E-state index < -0.39 is 0 Å². The van der Waals surface area contributed by atoms with Gasteiger partial charge in [0.25, 0.3) is 5.91 Å². The van der Waals surface area contributed by atoms with Crippen LogP contribution >= 0.6 is 0 Å². The molecule has 1 aliphatic rings. The Hall–Kier alpha value is -3.03. The first-order valence-corrected chi connectivity index (χ1v) is 9.82. The summed E-state index contributed by atoms with van der Waals surface area (Å²) in [5.74, 6) is 1.15. The van der Waals surface area contributed by atoms with E-state index >= 15 is 0 Å². The minimum atomic E-state index is -0.324. The summed E-state index contributed by atoms with van der Waals surface area (Å²) in [6.45, 7) is 0.456. The molecule has 0 atom stereocenters. The number of hydrogen-bond donors (Lipinski definition) is 1. The fourth-order valence-electron chi connectivity index (χ4n) is 3.68. The van der Waals surface area contributed by atoms with E-state index in [1.807, 2.05) is 0 Å². The molecule has 156 valence electrons. The number of amides is 2. The fraction of sp³-hybridized carbons (Fsp3) is 0.476. The van der Waals surface area contributed by atoms with Gasteiger partial charge in [-0.25, -0.2) is 0 Å². The van der Waals surface area contributed by atoms with Crippen LogP contribution in [0.5, 0.6) is 11.5 Å². The average Bonchev–Trinajstić information content (AvgIpc) is 3.25. The molecule has 1 aromatic heterocycles. The minimum absolute atomic E-state index is 0.0720. The van der Waals surface area contributed by atoms with E-state index in [0.29, 0.717) is 35.3 Å². The molecule has 3 rings (SSSR count). The summed E-state index contributed by atoms with van der Waals surface area (Å²) in [6, 6.07) is 6.60. The number of methoxy groups -OCH3 is 2. The zero-order valence-corrected chi connectivity index (χ0v) is 16.8. The minimum Gasteiger partial charge on any atom is -0.497 e. The second-order valence-corrected chi connectivity index (χ2v) is 7.19. The molecular weight excluding hydrogens is 374 g/mol. The SMILES string of the molecule is COc1ccc(C(=O)N(CC(=O)Nc2ccon2)CC2CCCCC2)c(OC)c1. The van der Waals surface area contributed by atoms with Crippen molar-refractivity contribution in [2.24, 2.45) is 5.92 Å². The van der Waals surface area contributed by atoms with E-state index in [-0.39, 0.29) is 18.4 Å². The highest BCUT2D eigenvalue weighted by Crippen LogP contribution is 2.28. The standard InChI is InChI=1S/C21H27N3O5/c1-27-16-8-9-17(18(12-16)28-2)21(26)24(13-15-6-4-3-5-7-15)14-20(25)22-19-10-11-29-23-19/h8-12,15H,3-7,13-14H2,1-2H3,(H,22,23,25). The Bertz CT molecular complexity index is 816. The lowest BCUT2D eigenvalue weighted by atomic mass is 9.89. The molecule has 1 aliphatic carbocycles. The number of rotatable bonds is 8. The first-order valence-electron chi connectivity index (χ1n) is 9.82. The molecule has 0 saturated heterocycles. The van der Waals surface area contributed by atoms with Crippen molar-refractivity contribution in [2.45, 2.75) is 32.1 Å². The van der Waals surface area contributed by atoms with Gasteiger partial charge in [0.2, 0.25) is 5.91 Å². The number of carbonyl (C=O) groups is 2. The van der Waals surface area contributed by atoms with Crippen molar-refractivity contribution in [2.75, 3.05) is 32.6 Å². The smallest absolute Gasteiger partial charge is 0.258 e. The molecular formula is C21H27N3O5. The van der Waals surface area contributed by atoms with Crippen LogP contribution in [0.1, 0.15) is 42.5 Å². The number of aromatic nitrogens is 1. The van der Waals surface area contributed by atoms with Crippen LogP contribution in [0.4, 0.5) is 5.82 Å². The number of carbonyl (C=O) groups excluding carboxylic acids is 2. The highest BCUT2D eigenvalue weighted by molar-refractivity contribution is 6.00. The van der Waals surface area contributed by atoms with E-state index in [1.165, 1.54) is 19.8 Å². The second kappa shape index (κ2) is 9.95. The lowest BCUT2D eigenvalue weighted by Crippen LogP contribution is -2.41.